The fourth-order valence-electron chi connectivity index (χ4n) is 2.63. The number of carbonyl (C=O) groups is 1. The molecule has 0 aromatic carbocycles. The van der Waals surface area contributed by atoms with Crippen LogP contribution in [-0.4, -0.2) is 76.4 Å². The smallest absolute Gasteiger partial charge is 0.334 e. The molecule has 0 aliphatic carbocycles. The Morgan fingerprint density at radius 3 is 2.58 bits per heavy atom. The van der Waals surface area contributed by atoms with Crippen molar-refractivity contribution in [1.82, 2.24) is 0 Å². The summed E-state index contributed by atoms with van der Waals surface area (Å²) in [6, 6.07) is 0. The Morgan fingerprint density at radius 1 is 1.25 bits per heavy atom. The molecule has 2 fully saturated rings. The van der Waals surface area contributed by atoms with E-state index in [1.54, 1.807) is 0 Å². The average Bonchev–Trinajstić information content (AvgIpc) is 2.86. The molecule has 6 atom stereocenters. The Morgan fingerprint density at radius 2 is 1.96 bits per heavy atom. The molecule has 136 valence electrons. The number of cyclic esters (lactones) is 1. The number of allylic oxidation sites excluding steroid dienone is 1. The Balaban J connectivity index is 1.91. The molecule has 0 radical (unpaired) electrons. The van der Waals surface area contributed by atoms with Gasteiger partial charge in [-0.3, -0.25) is 0 Å². The molecule has 24 heavy (non-hydrogen) atoms. The summed E-state index contributed by atoms with van der Waals surface area (Å²) >= 11 is 0. The van der Waals surface area contributed by atoms with Gasteiger partial charge in [-0.1, -0.05) is 5.57 Å². The zero-order valence-corrected chi connectivity index (χ0v) is 13.7. The van der Waals surface area contributed by atoms with Crippen molar-refractivity contribution in [2.45, 2.75) is 57.1 Å². The summed E-state index contributed by atoms with van der Waals surface area (Å²) in [6.07, 6.45) is -3.11. The maximum Gasteiger partial charge on any atom is 0.334 e. The van der Waals surface area contributed by atoms with Crippen LogP contribution >= 0.6 is 0 Å². The lowest BCUT2D eigenvalue weighted by Crippen LogP contribution is -2.59. The number of rotatable bonds is 5. The van der Waals surface area contributed by atoms with Crippen LogP contribution in [0.4, 0.5) is 0 Å². The third-order valence-electron chi connectivity index (χ3n) is 3.90. The summed E-state index contributed by atoms with van der Waals surface area (Å²) < 4.78 is 15.7. The zero-order chi connectivity index (χ0) is 17.9. The van der Waals surface area contributed by atoms with Gasteiger partial charge in [0.1, 0.15) is 30.5 Å². The predicted molar refractivity (Wildman–Crippen MR) is 81.7 cm³/mol. The van der Waals surface area contributed by atoms with E-state index in [9.17, 15) is 20.1 Å². The van der Waals surface area contributed by atoms with Crippen LogP contribution in [0.2, 0.25) is 0 Å². The van der Waals surface area contributed by atoms with Gasteiger partial charge in [0.25, 0.3) is 0 Å². The third-order valence-corrected chi connectivity index (χ3v) is 3.90. The van der Waals surface area contributed by atoms with Crippen LogP contribution in [0.5, 0.6) is 0 Å². The molecule has 2 aliphatic heterocycles. The van der Waals surface area contributed by atoms with Crippen LogP contribution in [0.1, 0.15) is 20.3 Å². The first-order valence-electron chi connectivity index (χ1n) is 7.80. The molecular weight excluding hydrogens is 320 g/mol. The van der Waals surface area contributed by atoms with Crippen LogP contribution in [-0.2, 0) is 19.0 Å². The van der Waals surface area contributed by atoms with E-state index in [-0.39, 0.29) is 12.7 Å². The minimum Gasteiger partial charge on any atom is -0.454 e. The van der Waals surface area contributed by atoms with Crippen molar-refractivity contribution in [3.63, 3.8) is 0 Å². The first kappa shape index (κ1) is 19.0. The first-order valence-corrected chi connectivity index (χ1v) is 7.80. The van der Waals surface area contributed by atoms with Crippen molar-refractivity contribution >= 4 is 5.97 Å². The van der Waals surface area contributed by atoms with Crippen molar-refractivity contribution in [3.05, 3.63) is 23.3 Å². The molecule has 2 rings (SSSR count). The van der Waals surface area contributed by atoms with E-state index in [4.69, 9.17) is 19.3 Å². The van der Waals surface area contributed by atoms with Gasteiger partial charge >= 0.3 is 5.97 Å². The minimum absolute atomic E-state index is 0.0470. The monoisotopic (exact) mass is 344 g/mol. The molecule has 0 bridgehead atoms. The van der Waals surface area contributed by atoms with Crippen LogP contribution in [0.3, 0.4) is 0 Å². The molecule has 2 heterocycles. The highest BCUT2D eigenvalue weighted by molar-refractivity contribution is 5.90. The summed E-state index contributed by atoms with van der Waals surface area (Å²) in [5.74, 6) is -0.421. The second-order valence-electron chi connectivity index (χ2n) is 6.15. The lowest BCUT2D eigenvalue weighted by Gasteiger charge is -2.39. The number of aliphatic hydroxyl groups is 4. The summed E-state index contributed by atoms with van der Waals surface area (Å²) in [5, 5.41) is 38.3. The highest BCUT2D eigenvalue weighted by Crippen LogP contribution is 2.24. The molecule has 0 aromatic heterocycles. The largest absolute Gasteiger partial charge is 0.454 e. The Labute approximate surface area is 140 Å². The first-order chi connectivity index (χ1) is 11.3. The number of esters is 1. The van der Waals surface area contributed by atoms with Crippen molar-refractivity contribution in [3.8, 4) is 0 Å². The molecule has 4 N–H and O–H groups in total. The molecule has 0 aromatic rings. The second-order valence-corrected chi connectivity index (χ2v) is 6.15. The topological polar surface area (TPSA) is 126 Å². The number of aliphatic hydroxyl groups excluding tert-OH is 4. The van der Waals surface area contributed by atoms with Gasteiger partial charge in [-0.15, -0.1) is 0 Å². The molecule has 2 aliphatic rings. The number of ether oxygens (including phenoxy) is 3. The van der Waals surface area contributed by atoms with Crippen molar-refractivity contribution in [2.24, 2.45) is 0 Å². The standard InChI is InChI=1S/C16H24O8/c1-8(2)5-10-6-9(15(21)23-10)3-4-22-16-14(20)13(19)12(18)11(7-17)24-16/h3,5,10-14,16-20H,4,6-7H2,1-2H3/b9-3-/t10-,11-,12-,13+,14-,16-/m1/s1. The van der Waals surface area contributed by atoms with E-state index in [2.05, 4.69) is 0 Å². The lowest BCUT2D eigenvalue weighted by atomic mass is 9.99. The fourth-order valence-corrected chi connectivity index (χ4v) is 2.63. The van der Waals surface area contributed by atoms with Gasteiger partial charge in [-0.25, -0.2) is 4.79 Å². The maximum atomic E-state index is 11.7. The van der Waals surface area contributed by atoms with E-state index >= 15 is 0 Å². The van der Waals surface area contributed by atoms with Crippen molar-refractivity contribution < 1.29 is 39.4 Å². The van der Waals surface area contributed by atoms with E-state index in [0.717, 1.165) is 5.57 Å². The van der Waals surface area contributed by atoms with E-state index < -0.39 is 43.3 Å². The summed E-state index contributed by atoms with van der Waals surface area (Å²) in [7, 11) is 0. The average molecular weight is 344 g/mol. The quantitative estimate of drug-likeness (QED) is 0.285. The van der Waals surface area contributed by atoms with E-state index in [0.29, 0.717) is 12.0 Å². The highest BCUT2D eigenvalue weighted by atomic mass is 16.7. The van der Waals surface area contributed by atoms with Crippen molar-refractivity contribution in [1.29, 1.82) is 0 Å². The highest BCUT2D eigenvalue weighted by Gasteiger charge is 2.43. The number of carbonyl (C=O) groups excluding carboxylic acids is 1. The SMILES string of the molecule is CC(C)=C[C@@H]1C/C(=C/CO[C@@H]2O[C@H](CO)[C@@H](O)[C@H](O)[C@H]2O)C(=O)O1. The van der Waals surface area contributed by atoms with E-state index in [1.807, 2.05) is 19.9 Å². The lowest BCUT2D eigenvalue weighted by molar-refractivity contribution is -0.298. The molecule has 0 amide bonds. The van der Waals surface area contributed by atoms with Crippen LogP contribution in [0.25, 0.3) is 0 Å². The summed E-state index contributed by atoms with van der Waals surface area (Å²) in [4.78, 5) is 11.7. The normalized spacial score (nSPS) is 38.2. The predicted octanol–water partition coefficient (Wildman–Crippen LogP) is -0.989. The van der Waals surface area contributed by atoms with Crippen molar-refractivity contribution in [2.75, 3.05) is 13.2 Å². The fraction of sp³-hybridized carbons (Fsp3) is 0.688. The Bertz CT molecular complexity index is 508. The molecule has 8 heteroatoms. The summed E-state index contributed by atoms with van der Waals surface area (Å²) in [6.45, 7) is 3.26. The van der Waals surface area contributed by atoms with Gasteiger partial charge in [0.05, 0.1) is 13.2 Å². The Hall–Kier alpha value is -1.29. The van der Waals surface area contributed by atoms with Crippen LogP contribution in [0, 0.1) is 0 Å². The molecule has 0 spiro atoms. The van der Waals surface area contributed by atoms with Crippen LogP contribution < -0.4 is 0 Å². The Kier molecular flexibility index (Phi) is 6.50. The molecule has 0 unspecified atom stereocenters. The second kappa shape index (κ2) is 8.19. The zero-order valence-electron chi connectivity index (χ0n) is 13.7. The maximum absolute atomic E-state index is 11.7. The minimum atomic E-state index is -1.49. The molecular formula is C16H24O8. The third kappa shape index (κ3) is 4.41. The molecule has 8 nitrogen and oxygen atoms in total. The molecule has 0 saturated carbocycles. The van der Waals surface area contributed by atoms with Gasteiger partial charge in [0.15, 0.2) is 6.29 Å². The van der Waals surface area contributed by atoms with E-state index in [1.165, 1.54) is 6.08 Å². The van der Waals surface area contributed by atoms with Gasteiger partial charge in [0, 0.05) is 12.0 Å². The van der Waals surface area contributed by atoms with Crippen LogP contribution in [0.15, 0.2) is 23.3 Å². The number of hydrogen-bond donors (Lipinski definition) is 4. The van der Waals surface area contributed by atoms with Gasteiger partial charge in [-0.2, -0.15) is 0 Å². The molecule has 2 saturated heterocycles. The van der Waals surface area contributed by atoms with Gasteiger partial charge in [0.2, 0.25) is 0 Å². The van der Waals surface area contributed by atoms with Gasteiger partial charge < -0.3 is 34.6 Å². The summed E-state index contributed by atoms with van der Waals surface area (Å²) in [5.41, 5.74) is 1.51. The number of hydrogen-bond acceptors (Lipinski definition) is 8. The van der Waals surface area contributed by atoms with Gasteiger partial charge in [-0.05, 0) is 26.0 Å².